The Balaban J connectivity index is 2.08. The highest BCUT2D eigenvalue weighted by atomic mass is 16.2. The van der Waals surface area contributed by atoms with Crippen molar-refractivity contribution in [3.8, 4) is 0 Å². The second-order valence-electron chi connectivity index (χ2n) is 5.74. The van der Waals surface area contributed by atoms with Gasteiger partial charge >= 0.3 is 6.03 Å². The molecule has 2 rings (SSSR count). The highest BCUT2D eigenvalue weighted by Gasteiger charge is 2.11. The Morgan fingerprint density at radius 3 is 2.29 bits per heavy atom. The summed E-state index contributed by atoms with van der Waals surface area (Å²) in [7, 11) is 0. The van der Waals surface area contributed by atoms with Crippen molar-refractivity contribution in [2.75, 3.05) is 16.0 Å². The van der Waals surface area contributed by atoms with E-state index < -0.39 is 0 Å². The zero-order chi connectivity index (χ0) is 17.5. The van der Waals surface area contributed by atoms with Crippen molar-refractivity contribution in [1.82, 2.24) is 0 Å². The van der Waals surface area contributed by atoms with E-state index in [-0.39, 0.29) is 11.9 Å². The maximum atomic E-state index is 12.3. The van der Waals surface area contributed by atoms with Crippen molar-refractivity contribution in [1.29, 1.82) is 0 Å². The average molecular weight is 325 g/mol. The van der Waals surface area contributed by atoms with Crippen molar-refractivity contribution >= 4 is 29.0 Å². The molecule has 0 saturated heterocycles. The van der Waals surface area contributed by atoms with Crippen LogP contribution in [0, 0.1) is 0 Å². The van der Waals surface area contributed by atoms with Crippen LogP contribution in [0.25, 0.3) is 0 Å². The molecule has 5 heteroatoms. The lowest BCUT2D eigenvalue weighted by Gasteiger charge is -2.16. The van der Waals surface area contributed by atoms with Crippen LogP contribution in [-0.2, 0) is 4.79 Å². The molecule has 0 bridgehead atoms. The second-order valence-corrected chi connectivity index (χ2v) is 5.74. The minimum atomic E-state index is -0.314. The first kappa shape index (κ1) is 17.5. The van der Waals surface area contributed by atoms with E-state index in [1.165, 1.54) is 6.92 Å². The number of urea groups is 1. The zero-order valence-corrected chi connectivity index (χ0v) is 14.2. The molecule has 3 N–H and O–H groups in total. The summed E-state index contributed by atoms with van der Waals surface area (Å²) in [5.41, 5.74) is 3.17. The van der Waals surface area contributed by atoms with Gasteiger partial charge in [-0.25, -0.2) is 4.79 Å². The Morgan fingerprint density at radius 2 is 1.62 bits per heavy atom. The number of rotatable bonds is 5. The van der Waals surface area contributed by atoms with Crippen LogP contribution < -0.4 is 16.0 Å². The van der Waals surface area contributed by atoms with Crippen molar-refractivity contribution in [3.63, 3.8) is 0 Å². The van der Waals surface area contributed by atoms with Gasteiger partial charge in [0.2, 0.25) is 5.91 Å². The zero-order valence-electron chi connectivity index (χ0n) is 14.2. The first-order chi connectivity index (χ1) is 11.5. The summed E-state index contributed by atoms with van der Waals surface area (Å²) >= 11 is 0. The predicted molar refractivity (Wildman–Crippen MR) is 98.5 cm³/mol. The SMILES string of the molecule is CCC(C)c1ccccc1NC(=O)Nc1cccc(NC(C)=O)c1. The molecule has 0 spiro atoms. The number of carbonyl (C=O) groups excluding carboxylic acids is 2. The molecule has 0 aromatic heterocycles. The number of hydrogen-bond acceptors (Lipinski definition) is 2. The summed E-state index contributed by atoms with van der Waals surface area (Å²) < 4.78 is 0. The maximum Gasteiger partial charge on any atom is 0.323 e. The van der Waals surface area contributed by atoms with E-state index in [0.717, 1.165) is 17.7 Å². The van der Waals surface area contributed by atoms with E-state index in [1.54, 1.807) is 24.3 Å². The quantitative estimate of drug-likeness (QED) is 0.739. The number of amides is 3. The molecule has 2 aromatic rings. The van der Waals surface area contributed by atoms with Crippen molar-refractivity contribution in [2.45, 2.75) is 33.1 Å². The summed E-state index contributed by atoms with van der Waals surface area (Å²) in [6, 6.07) is 14.5. The lowest BCUT2D eigenvalue weighted by atomic mass is 9.97. The van der Waals surface area contributed by atoms with Crippen molar-refractivity contribution in [3.05, 3.63) is 54.1 Å². The Hall–Kier alpha value is -2.82. The fourth-order valence-corrected chi connectivity index (χ4v) is 2.42. The molecule has 1 atom stereocenters. The van der Waals surface area contributed by atoms with E-state index in [4.69, 9.17) is 0 Å². The second kappa shape index (κ2) is 8.15. The summed E-state index contributed by atoms with van der Waals surface area (Å²) in [6.07, 6.45) is 0.999. The number of nitrogens with one attached hydrogen (secondary N) is 3. The largest absolute Gasteiger partial charge is 0.326 e. The molecule has 24 heavy (non-hydrogen) atoms. The van der Waals surface area contributed by atoms with Gasteiger partial charge in [0.15, 0.2) is 0 Å². The molecule has 126 valence electrons. The summed E-state index contributed by atoms with van der Waals surface area (Å²) in [5, 5.41) is 8.37. The Bertz CT molecular complexity index is 728. The lowest BCUT2D eigenvalue weighted by molar-refractivity contribution is -0.114. The van der Waals surface area contributed by atoms with Crippen LogP contribution in [0.15, 0.2) is 48.5 Å². The van der Waals surface area contributed by atoms with Gasteiger partial charge in [0.05, 0.1) is 0 Å². The first-order valence-corrected chi connectivity index (χ1v) is 8.04. The van der Waals surface area contributed by atoms with Gasteiger partial charge in [0, 0.05) is 24.0 Å². The van der Waals surface area contributed by atoms with Gasteiger partial charge in [-0.05, 0) is 42.2 Å². The molecule has 0 fully saturated rings. The molecule has 0 saturated carbocycles. The van der Waals surface area contributed by atoms with Crippen molar-refractivity contribution in [2.24, 2.45) is 0 Å². The molecular formula is C19H23N3O2. The molecular weight excluding hydrogens is 302 g/mol. The topological polar surface area (TPSA) is 70.2 Å². The smallest absolute Gasteiger partial charge is 0.323 e. The van der Waals surface area contributed by atoms with Crippen LogP contribution in [0.3, 0.4) is 0 Å². The van der Waals surface area contributed by atoms with Crippen LogP contribution in [0.1, 0.15) is 38.7 Å². The molecule has 0 aliphatic carbocycles. The predicted octanol–water partition coefficient (Wildman–Crippen LogP) is 4.80. The van der Waals surface area contributed by atoms with Crippen LogP contribution in [0.4, 0.5) is 21.9 Å². The Kier molecular flexibility index (Phi) is 5.95. The van der Waals surface area contributed by atoms with Crippen LogP contribution in [-0.4, -0.2) is 11.9 Å². The van der Waals surface area contributed by atoms with Crippen LogP contribution in [0.5, 0.6) is 0 Å². The third-order valence-electron chi connectivity index (χ3n) is 3.79. The molecule has 0 aliphatic rings. The van der Waals surface area contributed by atoms with E-state index in [1.807, 2.05) is 24.3 Å². The number of carbonyl (C=O) groups is 2. The standard InChI is InChI=1S/C19H23N3O2/c1-4-13(2)17-10-5-6-11-18(17)22-19(24)21-16-9-7-8-15(12-16)20-14(3)23/h5-13H,4H2,1-3H3,(H,20,23)(H2,21,22,24). The highest BCUT2D eigenvalue weighted by molar-refractivity contribution is 6.00. The monoisotopic (exact) mass is 325 g/mol. The molecule has 0 aliphatic heterocycles. The van der Waals surface area contributed by atoms with Crippen LogP contribution in [0.2, 0.25) is 0 Å². The highest BCUT2D eigenvalue weighted by Crippen LogP contribution is 2.26. The fourth-order valence-electron chi connectivity index (χ4n) is 2.42. The molecule has 2 aromatic carbocycles. The maximum absolute atomic E-state index is 12.3. The number of anilines is 3. The fraction of sp³-hybridized carbons (Fsp3) is 0.263. The number of para-hydroxylation sites is 1. The van der Waals surface area contributed by atoms with Crippen LogP contribution >= 0.6 is 0 Å². The Labute approximate surface area is 142 Å². The van der Waals surface area contributed by atoms with Gasteiger partial charge in [0.25, 0.3) is 0 Å². The molecule has 0 radical (unpaired) electrons. The van der Waals surface area contributed by atoms with E-state index >= 15 is 0 Å². The molecule has 5 nitrogen and oxygen atoms in total. The van der Waals surface area contributed by atoms with E-state index in [2.05, 4.69) is 29.8 Å². The van der Waals surface area contributed by atoms with E-state index in [9.17, 15) is 9.59 Å². The summed E-state index contributed by atoms with van der Waals surface area (Å²) in [5.74, 6) is 0.212. The number of benzene rings is 2. The summed E-state index contributed by atoms with van der Waals surface area (Å²) in [4.78, 5) is 23.4. The van der Waals surface area contributed by atoms with Gasteiger partial charge in [-0.15, -0.1) is 0 Å². The molecule has 3 amide bonds. The van der Waals surface area contributed by atoms with Gasteiger partial charge in [0.1, 0.15) is 0 Å². The minimum Gasteiger partial charge on any atom is -0.326 e. The average Bonchev–Trinajstić information content (AvgIpc) is 2.54. The number of hydrogen-bond donors (Lipinski definition) is 3. The normalized spacial score (nSPS) is 11.5. The van der Waals surface area contributed by atoms with Gasteiger partial charge in [-0.3, -0.25) is 4.79 Å². The first-order valence-electron chi connectivity index (χ1n) is 8.04. The van der Waals surface area contributed by atoms with Gasteiger partial charge in [-0.2, -0.15) is 0 Å². The van der Waals surface area contributed by atoms with Crippen molar-refractivity contribution < 1.29 is 9.59 Å². The molecule has 1 unspecified atom stereocenters. The van der Waals surface area contributed by atoms with Gasteiger partial charge < -0.3 is 16.0 Å². The molecule has 0 heterocycles. The summed E-state index contributed by atoms with van der Waals surface area (Å²) in [6.45, 7) is 5.70. The lowest BCUT2D eigenvalue weighted by Crippen LogP contribution is -2.20. The van der Waals surface area contributed by atoms with Gasteiger partial charge in [-0.1, -0.05) is 38.1 Å². The minimum absolute atomic E-state index is 0.154. The third-order valence-corrected chi connectivity index (χ3v) is 3.79. The van der Waals surface area contributed by atoms with E-state index in [0.29, 0.717) is 17.3 Å². The Morgan fingerprint density at radius 1 is 0.958 bits per heavy atom. The third kappa shape index (κ3) is 4.84.